The molecule has 0 heterocycles. The third-order valence-corrected chi connectivity index (χ3v) is 6.05. The number of hydrogen-bond donors (Lipinski definition) is 1. The summed E-state index contributed by atoms with van der Waals surface area (Å²) < 4.78 is 6.22. The maximum atomic E-state index is 13.1. The molecule has 2 aromatic rings. The van der Waals surface area contributed by atoms with Crippen LogP contribution in [0.25, 0.3) is 0 Å². The molecule has 0 aromatic heterocycles. The number of aryl methyl sites for hydroxylation is 1. The lowest BCUT2D eigenvalue weighted by atomic mass is 9.79. The molecular weight excluding hydrogens is 376 g/mol. The summed E-state index contributed by atoms with van der Waals surface area (Å²) in [6.07, 6.45) is 10.4. The molecule has 162 valence electrons. The minimum atomic E-state index is -1.47. The van der Waals surface area contributed by atoms with Gasteiger partial charge in [0.1, 0.15) is 0 Å². The highest BCUT2D eigenvalue weighted by molar-refractivity contribution is 6.13. The number of hydrogen-bond acceptors (Lipinski definition) is 4. The van der Waals surface area contributed by atoms with Crippen LogP contribution in [-0.4, -0.2) is 17.6 Å². The molecule has 2 aromatic carbocycles. The van der Waals surface area contributed by atoms with Gasteiger partial charge < -0.3 is 4.74 Å². The number of fused-ring (bicyclic) bond motifs is 2. The van der Waals surface area contributed by atoms with Crippen LogP contribution in [-0.2, 0) is 21.8 Å². The summed E-state index contributed by atoms with van der Waals surface area (Å²) in [6.45, 7) is 4.74. The molecular formula is C26H34O4. The van der Waals surface area contributed by atoms with E-state index >= 15 is 0 Å². The quantitative estimate of drug-likeness (QED) is 0.184. The van der Waals surface area contributed by atoms with E-state index in [1.165, 1.54) is 38.5 Å². The normalized spacial score (nSPS) is 17.6. The highest BCUT2D eigenvalue weighted by Crippen LogP contribution is 2.43. The lowest BCUT2D eigenvalue weighted by Gasteiger charge is -2.37. The first-order valence-electron chi connectivity index (χ1n) is 11.4. The van der Waals surface area contributed by atoms with Gasteiger partial charge in [0.2, 0.25) is 0 Å². The summed E-state index contributed by atoms with van der Waals surface area (Å²) in [5.74, 6) is -1.52. The fourth-order valence-corrected chi connectivity index (χ4v) is 4.28. The molecule has 1 unspecified atom stereocenters. The van der Waals surface area contributed by atoms with Crippen molar-refractivity contribution >= 4 is 5.78 Å². The molecule has 1 N–H and O–H groups in total. The van der Waals surface area contributed by atoms with Gasteiger partial charge in [0, 0.05) is 22.3 Å². The summed E-state index contributed by atoms with van der Waals surface area (Å²) in [5.41, 5.74) is 3.26. The number of ether oxygens (including phenoxy) is 1. The first kappa shape index (κ1) is 22.7. The molecule has 0 amide bonds. The average Bonchev–Trinajstić information content (AvgIpc) is 2.80. The van der Waals surface area contributed by atoms with E-state index < -0.39 is 5.79 Å². The number of unbranched alkanes of at least 4 members (excludes halogenated alkanes) is 7. The van der Waals surface area contributed by atoms with Gasteiger partial charge in [-0.05, 0) is 24.5 Å². The van der Waals surface area contributed by atoms with Crippen molar-refractivity contribution < 1.29 is 19.7 Å². The van der Waals surface area contributed by atoms with Crippen molar-refractivity contribution in [3.05, 3.63) is 70.3 Å². The summed E-state index contributed by atoms with van der Waals surface area (Å²) >= 11 is 0. The van der Waals surface area contributed by atoms with Gasteiger partial charge >= 0.3 is 0 Å². The van der Waals surface area contributed by atoms with Crippen molar-refractivity contribution in [2.75, 3.05) is 6.61 Å². The van der Waals surface area contributed by atoms with Crippen LogP contribution in [0.15, 0.2) is 42.5 Å². The molecule has 4 nitrogen and oxygen atoms in total. The zero-order valence-corrected chi connectivity index (χ0v) is 18.3. The van der Waals surface area contributed by atoms with Gasteiger partial charge in [0.15, 0.2) is 5.78 Å². The fraction of sp³-hybridized carbons (Fsp3) is 0.500. The molecule has 0 saturated heterocycles. The van der Waals surface area contributed by atoms with Crippen LogP contribution in [0.1, 0.15) is 97.8 Å². The predicted molar refractivity (Wildman–Crippen MR) is 119 cm³/mol. The molecule has 0 bridgehead atoms. The Morgan fingerprint density at radius 3 is 2.20 bits per heavy atom. The van der Waals surface area contributed by atoms with Gasteiger partial charge in [0.25, 0.3) is 5.79 Å². The van der Waals surface area contributed by atoms with Gasteiger partial charge in [-0.3, -0.25) is 4.79 Å². The van der Waals surface area contributed by atoms with E-state index in [1.54, 1.807) is 12.1 Å². The number of rotatable bonds is 12. The molecule has 1 atom stereocenters. The summed E-state index contributed by atoms with van der Waals surface area (Å²) in [4.78, 5) is 18.2. The third-order valence-electron chi connectivity index (χ3n) is 6.05. The monoisotopic (exact) mass is 410 g/mol. The number of carbonyl (C=O) groups excluding carboxylic acids is 1. The van der Waals surface area contributed by atoms with E-state index in [-0.39, 0.29) is 5.78 Å². The second kappa shape index (κ2) is 10.9. The van der Waals surface area contributed by atoms with Crippen LogP contribution < -0.4 is 0 Å². The molecule has 30 heavy (non-hydrogen) atoms. The predicted octanol–water partition coefficient (Wildman–Crippen LogP) is 6.64. The lowest BCUT2D eigenvalue weighted by Crippen LogP contribution is -2.40. The first-order chi connectivity index (χ1) is 14.7. The van der Waals surface area contributed by atoms with E-state index in [1.807, 2.05) is 30.3 Å². The van der Waals surface area contributed by atoms with E-state index in [4.69, 9.17) is 9.62 Å². The zero-order valence-electron chi connectivity index (χ0n) is 18.3. The standard InChI is InChI=1S/C26H34O4/c1-3-5-6-7-8-9-10-13-18-29-26(30-28)23-15-12-11-14-21(23)25(27)22-19-20(4-2)16-17-24(22)26/h11-12,14-17,19,28H,3-10,13,18H2,1-2H3. The Labute approximate surface area is 180 Å². The second-order valence-corrected chi connectivity index (χ2v) is 8.14. The Morgan fingerprint density at radius 2 is 1.50 bits per heavy atom. The number of carbonyl (C=O) groups is 1. The summed E-state index contributed by atoms with van der Waals surface area (Å²) in [6, 6.07) is 12.9. The minimum absolute atomic E-state index is 0.0562. The van der Waals surface area contributed by atoms with Crippen LogP contribution in [0, 0.1) is 0 Å². The van der Waals surface area contributed by atoms with Gasteiger partial charge in [-0.2, -0.15) is 4.89 Å². The van der Waals surface area contributed by atoms with E-state index in [0.29, 0.717) is 28.9 Å². The van der Waals surface area contributed by atoms with Gasteiger partial charge in [-0.1, -0.05) is 95.2 Å². The van der Waals surface area contributed by atoms with Crippen LogP contribution >= 0.6 is 0 Å². The molecule has 0 spiro atoms. The van der Waals surface area contributed by atoms with Gasteiger partial charge in [0.05, 0.1) is 6.61 Å². The topological polar surface area (TPSA) is 55.8 Å². The second-order valence-electron chi connectivity index (χ2n) is 8.14. The SMILES string of the molecule is CCCCCCCCCCOC1(OO)c2ccccc2C(=O)c2cc(CC)ccc21. The summed E-state index contributed by atoms with van der Waals surface area (Å²) in [7, 11) is 0. The molecule has 1 aliphatic carbocycles. The molecule has 0 radical (unpaired) electrons. The van der Waals surface area contributed by atoms with Crippen molar-refractivity contribution in [3.63, 3.8) is 0 Å². The van der Waals surface area contributed by atoms with Crippen LogP contribution in [0.2, 0.25) is 0 Å². The molecule has 3 rings (SSSR count). The smallest absolute Gasteiger partial charge is 0.255 e. The summed E-state index contributed by atoms with van der Waals surface area (Å²) in [5, 5.41) is 10.0. The largest absolute Gasteiger partial charge is 0.340 e. The Bertz CT molecular complexity index is 845. The van der Waals surface area contributed by atoms with Crippen molar-refractivity contribution in [3.8, 4) is 0 Å². The third kappa shape index (κ3) is 4.66. The van der Waals surface area contributed by atoms with Crippen molar-refractivity contribution in [2.24, 2.45) is 0 Å². The molecule has 0 saturated carbocycles. The van der Waals surface area contributed by atoms with Gasteiger partial charge in [-0.25, -0.2) is 5.26 Å². The van der Waals surface area contributed by atoms with Crippen molar-refractivity contribution in [1.82, 2.24) is 0 Å². The van der Waals surface area contributed by atoms with Crippen LogP contribution in [0.5, 0.6) is 0 Å². The average molecular weight is 411 g/mol. The zero-order chi connectivity index (χ0) is 21.4. The molecule has 1 aliphatic rings. The van der Waals surface area contributed by atoms with E-state index in [9.17, 15) is 10.1 Å². The first-order valence-corrected chi connectivity index (χ1v) is 11.4. The highest BCUT2D eigenvalue weighted by atomic mass is 17.1. The minimum Gasteiger partial charge on any atom is -0.340 e. The number of benzene rings is 2. The van der Waals surface area contributed by atoms with Gasteiger partial charge in [-0.15, -0.1) is 0 Å². The maximum absolute atomic E-state index is 13.1. The molecule has 0 fully saturated rings. The van der Waals surface area contributed by atoms with Crippen LogP contribution in [0.4, 0.5) is 0 Å². The Morgan fingerprint density at radius 1 is 0.833 bits per heavy atom. The van der Waals surface area contributed by atoms with E-state index in [0.717, 1.165) is 24.8 Å². The van der Waals surface area contributed by atoms with Crippen molar-refractivity contribution in [2.45, 2.75) is 77.4 Å². The van der Waals surface area contributed by atoms with Crippen LogP contribution in [0.3, 0.4) is 0 Å². The lowest BCUT2D eigenvalue weighted by molar-refractivity contribution is -0.396. The molecule has 0 aliphatic heterocycles. The Balaban J connectivity index is 1.75. The fourth-order valence-electron chi connectivity index (χ4n) is 4.28. The van der Waals surface area contributed by atoms with E-state index in [2.05, 4.69) is 13.8 Å². The molecule has 4 heteroatoms. The highest BCUT2D eigenvalue weighted by Gasteiger charge is 2.46. The number of ketones is 1. The Hall–Kier alpha value is -2.01. The van der Waals surface area contributed by atoms with Crippen molar-refractivity contribution in [1.29, 1.82) is 0 Å². The maximum Gasteiger partial charge on any atom is 0.255 e. The Kier molecular flexibility index (Phi) is 8.20.